The van der Waals surface area contributed by atoms with Crippen molar-refractivity contribution in [1.82, 2.24) is 15.2 Å². The van der Waals surface area contributed by atoms with Gasteiger partial charge in [-0.05, 0) is 19.1 Å². The summed E-state index contributed by atoms with van der Waals surface area (Å²) in [6.45, 7) is 1.79. The second kappa shape index (κ2) is 9.33. The molecular formula is C18H18N4O3S2. The third-order valence-electron chi connectivity index (χ3n) is 3.38. The van der Waals surface area contributed by atoms with Crippen LogP contribution in [0.4, 0.5) is 5.69 Å². The van der Waals surface area contributed by atoms with Gasteiger partial charge in [0.15, 0.2) is 22.4 Å². The van der Waals surface area contributed by atoms with Crippen LogP contribution in [0.25, 0.3) is 0 Å². The minimum Gasteiger partial charge on any atom is -0.491 e. The highest BCUT2D eigenvalue weighted by atomic mass is 32.2. The molecule has 1 amide bonds. The van der Waals surface area contributed by atoms with E-state index < -0.39 is 0 Å². The van der Waals surface area contributed by atoms with Gasteiger partial charge in [-0.2, -0.15) is 0 Å². The molecule has 0 saturated heterocycles. The number of hydrogen-bond donors (Lipinski definition) is 1. The Morgan fingerprint density at radius 3 is 2.74 bits per heavy atom. The Bertz CT molecular complexity index is 903. The molecule has 0 saturated carbocycles. The predicted octanol–water partition coefficient (Wildman–Crippen LogP) is 3.56. The molecule has 3 rings (SSSR count). The van der Waals surface area contributed by atoms with E-state index in [0.29, 0.717) is 17.3 Å². The molecule has 9 heteroatoms. The van der Waals surface area contributed by atoms with Gasteiger partial charge in [-0.15, -0.1) is 10.2 Å². The van der Waals surface area contributed by atoms with Crippen molar-refractivity contribution in [2.24, 2.45) is 0 Å². The van der Waals surface area contributed by atoms with Crippen molar-refractivity contribution in [2.75, 3.05) is 19.0 Å². The number of carbonyl (C=O) groups is 1. The van der Waals surface area contributed by atoms with Crippen molar-refractivity contribution in [3.05, 3.63) is 53.3 Å². The fraction of sp³-hybridized carbons (Fsp3) is 0.222. The molecule has 0 aliphatic heterocycles. The van der Waals surface area contributed by atoms with Gasteiger partial charge in [0.05, 0.1) is 19.0 Å². The number of nitrogens with one attached hydrogen (secondary N) is 1. The van der Waals surface area contributed by atoms with E-state index >= 15 is 0 Å². The summed E-state index contributed by atoms with van der Waals surface area (Å²) in [5, 5.41) is 11.8. The number of para-hydroxylation sites is 1. The highest BCUT2D eigenvalue weighted by Crippen LogP contribution is 2.30. The van der Waals surface area contributed by atoms with Gasteiger partial charge in [-0.3, -0.25) is 9.78 Å². The normalized spacial score (nSPS) is 10.4. The lowest BCUT2D eigenvalue weighted by molar-refractivity contribution is -0.118. The second-order valence-electron chi connectivity index (χ2n) is 5.41. The Morgan fingerprint density at radius 1 is 1.22 bits per heavy atom. The van der Waals surface area contributed by atoms with Gasteiger partial charge >= 0.3 is 0 Å². The molecule has 27 heavy (non-hydrogen) atoms. The molecule has 3 aromatic rings. The summed E-state index contributed by atoms with van der Waals surface area (Å²) in [6, 6.07) is 11.0. The first-order valence-electron chi connectivity index (χ1n) is 8.07. The Balaban J connectivity index is 1.60. The van der Waals surface area contributed by atoms with Crippen LogP contribution in [-0.4, -0.2) is 34.8 Å². The molecule has 0 fully saturated rings. The van der Waals surface area contributed by atoms with Crippen molar-refractivity contribution < 1.29 is 14.3 Å². The van der Waals surface area contributed by atoms with E-state index in [0.717, 1.165) is 20.7 Å². The third-order valence-corrected chi connectivity index (χ3v) is 5.38. The fourth-order valence-corrected chi connectivity index (χ4v) is 3.86. The van der Waals surface area contributed by atoms with E-state index in [9.17, 15) is 4.79 Å². The van der Waals surface area contributed by atoms with Crippen LogP contribution < -0.4 is 14.8 Å². The lowest BCUT2D eigenvalue weighted by Crippen LogP contribution is -2.20. The molecule has 0 aliphatic carbocycles. The predicted molar refractivity (Wildman–Crippen MR) is 106 cm³/mol. The number of nitrogens with zero attached hydrogens (tertiary/aromatic N) is 3. The highest BCUT2D eigenvalue weighted by Gasteiger charge is 2.11. The number of amides is 1. The molecule has 0 atom stereocenters. The minimum absolute atomic E-state index is 0.128. The molecule has 140 valence electrons. The van der Waals surface area contributed by atoms with Crippen LogP contribution in [0.1, 0.15) is 10.7 Å². The maximum absolute atomic E-state index is 12.1. The minimum atomic E-state index is -0.250. The van der Waals surface area contributed by atoms with E-state index in [1.54, 1.807) is 24.0 Å². The molecule has 0 bridgehead atoms. The van der Waals surface area contributed by atoms with Gasteiger partial charge < -0.3 is 14.8 Å². The molecule has 0 aliphatic rings. The molecule has 2 heterocycles. The summed E-state index contributed by atoms with van der Waals surface area (Å²) in [5.41, 5.74) is 1.52. The fourth-order valence-electron chi connectivity index (χ4n) is 2.14. The van der Waals surface area contributed by atoms with Gasteiger partial charge in [-0.25, -0.2) is 0 Å². The molecule has 1 N–H and O–H groups in total. The quantitative estimate of drug-likeness (QED) is 0.577. The number of pyridine rings is 1. The molecule has 2 aromatic heterocycles. The summed E-state index contributed by atoms with van der Waals surface area (Å²) in [4.78, 5) is 16.4. The monoisotopic (exact) mass is 402 g/mol. The lowest BCUT2D eigenvalue weighted by atomic mass is 10.3. The number of ether oxygens (including phenoxy) is 2. The van der Waals surface area contributed by atoms with Crippen molar-refractivity contribution >= 4 is 34.7 Å². The summed E-state index contributed by atoms with van der Waals surface area (Å²) in [7, 11) is 1.53. The Kier molecular flexibility index (Phi) is 6.61. The first-order chi connectivity index (χ1) is 13.1. The van der Waals surface area contributed by atoms with Gasteiger partial charge in [-0.1, -0.05) is 41.3 Å². The summed E-state index contributed by atoms with van der Waals surface area (Å²) in [5.74, 6) is 1.31. The van der Waals surface area contributed by atoms with E-state index in [-0.39, 0.29) is 12.5 Å². The number of rotatable bonds is 8. The average molecular weight is 403 g/mol. The zero-order chi connectivity index (χ0) is 19.1. The number of carbonyl (C=O) groups excluding carboxylic acids is 1. The van der Waals surface area contributed by atoms with Crippen LogP contribution in [0.15, 0.2) is 46.9 Å². The largest absolute Gasteiger partial charge is 0.491 e. The van der Waals surface area contributed by atoms with Crippen molar-refractivity contribution in [2.45, 2.75) is 17.0 Å². The van der Waals surface area contributed by atoms with Gasteiger partial charge in [0, 0.05) is 17.5 Å². The van der Waals surface area contributed by atoms with E-state index in [1.165, 1.54) is 18.4 Å². The maximum Gasteiger partial charge on any atom is 0.262 e. The van der Waals surface area contributed by atoms with E-state index in [4.69, 9.17) is 9.47 Å². The van der Waals surface area contributed by atoms with Crippen LogP contribution >= 0.6 is 23.1 Å². The Morgan fingerprint density at radius 2 is 2.04 bits per heavy atom. The summed E-state index contributed by atoms with van der Waals surface area (Å²) in [6.07, 6.45) is 1.59. The smallest absolute Gasteiger partial charge is 0.262 e. The lowest BCUT2D eigenvalue weighted by Gasteiger charge is -2.11. The number of hydrogen-bond acceptors (Lipinski definition) is 8. The third kappa shape index (κ3) is 5.66. The highest BCUT2D eigenvalue weighted by molar-refractivity contribution is 8.00. The number of benzene rings is 1. The van der Waals surface area contributed by atoms with Crippen molar-refractivity contribution in [1.29, 1.82) is 0 Å². The average Bonchev–Trinajstić information content (AvgIpc) is 3.11. The van der Waals surface area contributed by atoms with Gasteiger partial charge in [0.2, 0.25) is 0 Å². The topological polar surface area (TPSA) is 86.2 Å². The zero-order valence-corrected chi connectivity index (χ0v) is 16.5. The first kappa shape index (κ1) is 19.1. The molecule has 1 aromatic carbocycles. The molecule has 0 radical (unpaired) electrons. The number of aryl methyl sites for hydroxylation is 1. The molecule has 7 nitrogen and oxygen atoms in total. The van der Waals surface area contributed by atoms with Gasteiger partial charge in [0.25, 0.3) is 5.91 Å². The number of aromatic nitrogens is 3. The van der Waals surface area contributed by atoms with Crippen LogP contribution in [0.3, 0.4) is 0 Å². The van der Waals surface area contributed by atoms with E-state index in [1.807, 2.05) is 37.3 Å². The zero-order valence-electron chi connectivity index (χ0n) is 14.8. The standard InChI is InChI=1S/C18H18N4O3S2/c1-12-21-22-18(27-12)26-11-14-8-15(16(24-2)9-19-14)25-10-17(23)20-13-6-4-3-5-7-13/h3-9H,10-11H2,1-2H3,(H,20,23). The molecular weight excluding hydrogens is 384 g/mol. The van der Waals surface area contributed by atoms with Gasteiger partial charge in [0.1, 0.15) is 5.01 Å². The van der Waals surface area contributed by atoms with Crippen LogP contribution in [-0.2, 0) is 10.5 Å². The number of anilines is 1. The molecule has 0 spiro atoms. The van der Waals surface area contributed by atoms with Crippen molar-refractivity contribution in [3.63, 3.8) is 0 Å². The summed E-state index contributed by atoms with van der Waals surface area (Å²) >= 11 is 3.09. The Labute approximate surface area is 165 Å². The van der Waals surface area contributed by atoms with Crippen LogP contribution in [0.2, 0.25) is 0 Å². The molecule has 0 unspecified atom stereocenters. The maximum atomic E-state index is 12.1. The van der Waals surface area contributed by atoms with Crippen LogP contribution in [0.5, 0.6) is 11.5 Å². The van der Waals surface area contributed by atoms with E-state index in [2.05, 4.69) is 20.5 Å². The summed E-state index contributed by atoms with van der Waals surface area (Å²) < 4.78 is 11.8. The van der Waals surface area contributed by atoms with Crippen LogP contribution in [0, 0.1) is 6.92 Å². The second-order valence-corrected chi connectivity index (χ2v) is 7.81. The van der Waals surface area contributed by atoms with Crippen molar-refractivity contribution in [3.8, 4) is 11.5 Å². The number of thioether (sulfide) groups is 1. The first-order valence-corrected chi connectivity index (χ1v) is 9.88. The SMILES string of the molecule is COc1cnc(CSc2nnc(C)s2)cc1OCC(=O)Nc1ccccc1. The number of methoxy groups -OCH3 is 1. The Hall–Kier alpha value is -2.65.